The third kappa shape index (κ3) is 1.06. The maximum absolute atomic E-state index is 5.28. The standard InChI is InChI=1S/C9H10N4O/c1-3-13-6-10-5-7(13)8(11-1)9-12-2-4-14-9/h2,4-6,8,11H,1,3H2. The van der Waals surface area contributed by atoms with E-state index in [1.54, 1.807) is 12.5 Å². The average molecular weight is 190 g/mol. The van der Waals surface area contributed by atoms with Gasteiger partial charge >= 0.3 is 0 Å². The van der Waals surface area contributed by atoms with Crippen molar-refractivity contribution in [1.29, 1.82) is 0 Å². The van der Waals surface area contributed by atoms with E-state index in [0.717, 1.165) is 18.8 Å². The maximum atomic E-state index is 5.28. The lowest BCUT2D eigenvalue weighted by atomic mass is 10.2. The molecule has 0 radical (unpaired) electrons. The molecule has 0 saturated heterocycles. The van der Waals surface area contributed by atoms with Crippen LogP contribution in [0.15, 0.2) is 29.4 Å². The zero-order valence-electron chi connectivity index (χ0n) is 7.55. The first kappa shape index (κ1) is 7.75. The van der Waals surface area contributed by atoms with Crippen molar-refractivity contribution in [2.24, 2.45) is 0 Å². The Hall–Kier alpha value is -1.62. The molecule has 5 heteroatoms. The monoisotopic (exact) mass is 190 g/mol. The molecule has 72 valence electrons. The van der Waals surface area contributed by atoms with Crippen LogP contribution in [-0.4, -0.2) is 21.1 Å². The van der Waals surface area contributed by atoms with Crippen LogP contribution in [0.4, 0.5) is 0 Å². The van der Waals surface area contributed by atoms with Crippen LogP contribution in [0.2, 0.25) is 0 Å². The molecule has 3 heterocycles. The Morgan fingerprint density at radius 1 is 1.57 bits per heavy atom. The van der Waals surface area contributed by atoms with Crippen LogP contribution in [0, 0.1) is 0 Å². The van der Waals surface area contributed by atoms with Crippen molar-refractivity contribution in [3.05, 3.63) is 36.6 Å². The van der Waals surface area contributed by atoms with Crippen molar-refractivity contribution in [2.75, 3.05) is 6.54 Å². The van der Waals surface area contributed by atoms with E-state index in [-0.39, 0.29) is 6.04 Å². The van der Waals surface area contributed by atoms with Crippen LogP contribution >= 0.6 is 0 Å². The van der Waals surface area contributed by atoms with Gasteiger partial charge in [-0.25, -0.2) is 9.97 Å². The predicted octanol–water partition coefficient (Wildman–Crippen LogP) is 0.564. The Labute approximate surface area is 80.8 Å². The smallest absolute Gasteiger partial charge is 0.217 e. The highest BCUT2D eigenvalue weighted by Crippen LogP contribution is 2.22. The number of hydrogen-bond donors (Lipinski definition) is 1. The van der Waals surface area contributed by atoms with Gasteiger partial charge in [-0.2, -0.15) is 0 Å². The molecule has 1 atom stereocenters. The molecule has 0 aliphatic carbocycles. The van der Waals surface area contributed by atoms with Crippen molar-refractivity contribution in [2.45, 2.75) is 12.6 Å². The summed E-state index contributed by atoms with van der Waals surface area (Å²) < 4.78 is 7.40. The normalized spacial score (nSPS) is 20.7. The Morgan fingerprint density at radius 2 is 2.57 bits per heavy atom. The Bertz CT molecular complexity index is 420. The fourth-order valence-electron chi connectivity index (χ4n) is 1.78. The van der Waals surface area contributed by atoms with E-state index in [1.165, 1.54) is 0 Å². The summed E-state index contributed by atoms with van der Waals surface area (Å²) >= 11 is 0. The molecule has 0 aromatic carbocycles. The molecule has 0 fully saturated rings. The van der Waals surface area contributed by atoms with Gasteiger partial charge in [0, 0.05) is 13.1 Å². The summed E-state index contributed by atoms with van der Waals surface area (Å²) in [6.07, 6.45) is 6.94. The van der Waals surface area contributed by atoms with Gasteiger partial charge in [-0.3, -0.25) is 5.32 Å². The molecule has 1 N–H and O–H groups in total. The zero-order valence-corrected chi connectivity index (χ0v) is 7.55. The van der Waals surface area contributed by atoms with E-state index < -0.39 is 0 Å². The molecular formula is C9H10N4O. The van der Waals surface area contributed by atoms with Gasteiger partial charge in [0.1, 0.15) is 12.3 Å². The summed E-state index contributed by atoms with van der Waals surface area (Å²) in [6.45, 7) is 1.86. The van der Waals surface area contributed by atoms with Crippen molar-refractivity contribution in [3.8, 4) is 0 Å². The average Bonchev–Trinajstić information content (AvgIpc) is 2.88. The number of imidazole rings is 1. The second-order valence-electron chi connectivity index (χ2n) is 3.27. The number of nitrogens with one attached hydrogen (secondary N) is 1. The summed E-state index contributed by atoms with van der Waals surface area (Å²) in [6, 6.07) is 0.0428. The maximum Gasteiger partial charge on any atom is 0.217 e. The van der Waals surface area contributed by atoms with Crippen molar-refractivity contribution in [3.63, 3.8) is 0 Å². The molecule has 0 spiro atoms. The Morgan fingerprint density at radius 3 is 3.43 bits per heavy atom. The quantitative estimate of drug-likeness (QED) is 0.714. The topological polar surface area (TPSA) is 55.9 Å². The van der Waals surface area contributed by atoms with Gasteiger partial charge in [0.05, 0.1) is 24.4 Å². The highest BCUT2D eigenvalue weighted by Gasteiger charge is 2.24. The molecule has 1 unspecified atom stereocenters. The Balaban J connectivity index is 2.04. The summed E-state index contributed by atoms with van der Waals surface area (Å²) in [4.78, 5) is 8.27. The number of rotatable bonds is 1. The lowest BCUT2D eigenvalue weighted by molar-refractivity contribution is 0.384. The van der Waals surface area contributed by atoms with E-state index in [9.17, 15) is 0 Å². The first-order valence-electron chi connectivity index (χ1n) is 4.58. The molecule has 3 rings (SSSR count). The third-order valence-electron chi connectivity index (χ3n) is 2.44. The molecule has 2 aromatic rings. The first-order chi connectivity index (χ1) is 6.95. The minimum absolute atomic E-state index is 0.0428. The van der Waals surface area contributed by atoms with E-state index in [0.29, 0.717) is 5.89 Å². The summed E-state index contributed by atoms with van der Waals surface area (Å²) in [7, 11) is 0. The van der Waals surface area contributed by atoms with Gasteiger partial charge in [-0.15, -0.1) is 0 Å². The van der Waals surface area contributed by atoms with Crippen LogP contribution < -0.4 is 5.32 Å². The van der Waals surface area contributed by atoms with Gasteiger partial charge in [0.25, 0.3) is 0 Å². The molecule has 0 saturated carbocycles. The van der Waals surface area contributed by atoms with E-state index in [1.807, 2.05) is 12.5 Å². The van der Waals surface area contributed by atoms with Crippen molar-refractivity contribution in [1.82, 2.24) is 19.9 Å². The lowest BCUT2D eigenvalue weighted by Gasteiger charge is -2.22. The van der Waals surface area contributed by atoms with Crippen molar-refractivity contribution < 1.29 is 4.42 Å². The fraction of sp³-hybridized carbons (Fsp3) is 0.333. The predicted molar refractivity (Wildman–Crippen MR) is 48.6 cm³/mol. The SMILES string of the molecule is c1coc(C2NCCn3cncc32)n1. The second kappa shape index (κ2) is 2.95. The minimum Gasteiger partial charge on any atom is -0.447 e. The van der Waals surface area contributed by atoms with E-state index in [2.05, 4.69) is 19.9 Å². The number of fused-ring (bicyclic) bond motifs is 1. The van der Waals surface area contributed by atoms with Gasteiger partial charge in [-0.1, -0.05) is 0 Å². The molecule has 0 amide bonds. The van der Waals surface area contributed by atoms with Gasteiger partial charge in [0.2, 0.25) is 5.89 Å². The van der Waals surface area contributed by atoms with Gasteiger partial charge in [-0.05, 0) is 0 Å². The van der Waals surface area contributed by atoms with Crippen LogP contribution in [0.1, 0.15) is 17.6 Å². The van der Waals surface area contributed by atoms with Crippen LogP contribution in [0.25, 0.3) is 0 Å². The van der Waals surface area contributed by atoms with Crippen LogP contribution in [0.3, 0.4) is 0 Å². The van der Waals surface area contributed by atoms with Crippen LogP contribution in [-0.2, 0) is 6.54 Å². The number of aromatic nitrogens is 3. The van der Waals surface area contributed by atoms with Gasteiger partial charge < -0.3 is 8.98 Å². The molecule has 2 aromatic heterocycles. The first-order valence-corrected chi connectivity index (χ1v) is 4.58. The Kier molecular flexibility index (Phi) is 1.63. The lowest BCUT2D eigenvalue weighted by Crippen LogP contribution is -2.33. The largest absolute Gasteiger partial charge is 0.447 e. The minimum atomic E-state index is 0.0428. The number of oxazole rings is 1. The summed E-state index contributed by atoms with van der Waals surface area (Å²) in [5.74, 6) is 0.700. The van der Waals surface area contributed by atoms with E-state index >= 15 is 0 Å². The van der Waals surface area contributed by atoms with Gasteiger partial charge in [0.15, 0.2) is 0 Å². The molecule has 14 heavy (non-hydrogen) atoms. The second-order valence-corrected chi connectivity index (χ2v) is 3.27. The summed E-state index contributed by atoms with van der Waals surface area (Å²) in [5.41, 5.74) is 1.11. The highest BCUT2D eigenvalue weighted by atomic mass is 16.3. The molecular weight excluding hydrogens is 180 g/mol. The number of hydrogen-bond acceptors (Lipinski definition) is 4. The van der Waals surface area contributed by atoms with E-state index in [4.69, 9.17) is 4.42 Å². The molecule has 0 bridgehead atoms. The van der Waals surface area contributed by atoms with Crippen molar-refractivity contribution >= 4 is 0 Å². The molecule has 5 nitrogen and oxygen atoms in total. The third-order valence-corrected chi connectivity index (χ3v) is 2.44. The summed E-state index contributed by atoms with van der Waals surface area (Å²) in [5, 5.41) is 3.35. The fourth-order valence-corrected chi connectivity index (χ4v) is 1.78. The molecule has 1 aliphatic heterocycles. The van der Waals surface area contributed by atoms with Crippen LogP contribution in [0.5, 0.6) is 0 Å². The zero-order chi connectivity index (χ0) is 9.38. The highest BCUT2D eigenvalue weighted by molar-refractivity contribution is 5.15. The number of nitrogens with zero attached hydrogens (tertiary/aromatic N) is 3. The molecule has 1 aliphatic rings.